The summed E-state index contributed by atoms with van der Waals surface area (Å²) in [5.41, 5.74) is 1.09. The molecule has 2 fully saturated rings. The van der Waals surface area contributed by atoms with E-state index in [-0.39, 0.29) is 23.1 Å². The van der Waals surface area contributed by atoms with Crippen LogP contribution in [-0.2, 0) is 11.3 Å². The number of amides is 2. The second kappa shape index (κ2) is 6.54. The molecule has 7 nitrogen and oxygen atoms in total. The van der Waals surface area contributed by atoms with Crippen LogP contribution in [0, 0.1) is 13.8 Å². The Balaban J connectivity index is 1.85. The van der Waals surface area contributed by atoms with Crippen molar-refractivity contribution in [2.45, 2.75) is 52.2 Å². The molecule has 0 aliphatic carbocycles. The van der Waals surface area contributed by atoms with Gasteiger partial charge in [0.15, 0.2) is 0 Å². The molecule has 0 saturated carbocycles. The van der Waals surface area contributed by atoms with E-state index in [0.29, 0.717) is 38.2 Å². The number of ether oxygens (including phenoxy) is 1. The smallest absolute Gasteiger partial charge is 0.407 e. The highest BCUT2D eigenvalue weighted by Gasteiger charge is 2.42. The van der Waals surface area contributed by atoms with Crippen LogP contribution in [-0.4, -0.2) is 46.7 Å². The molecule has 1 atom stereocenters. The first-order chi connectivity index (χ1) is 11.9. The number of nitrogens with one attached hydrogen (secondary N) is 1. The third-order valence-electron chi connectivity index (χ3n) is 5.28. The van der Waals surface area contributed by atoms with Crippen LogP contribution in [0.3, 0.4) is 0 Å². The lowest BCUT2D eigenvalue weighted by molar-refractivity contribution is 0.0438. The molecule has 7 heteroatoms. The highest BCUT2D eigenvalue weighted by Crippen LogP contribution is 2.29. The summed E-state index contributed by atoms with van der Waals surface area (Å²) < 4.78 is 7.08. The van der Waals surface area contributed by atoms with Gasteiger partial charge in [-0.3, -0.25) is 9.59 Å². The van der Waals surface area contributed by atoms with Crippen LogP contribution < -0.4 is 10.9 Å². The Morgan fingerprint density at radius 3 is 2.68 bits per heavy atom. The maximum absolute atomic E-state index is 13.0. The van der Waals surface area contributed by atoms with Crippen LogP contribution in [0.2, 0.25) is 0 Å². The molecule has 1 N–H and O–H groups in total. The Bertz CT molecular complexity index is 770. The molecular weight excluding hydrogens is 322 g/mol. The van der Waals surface area contributed by atoms with Crippen molar-refractivity contribution in [1.82, 2.24) is 14.8 Å². The van der Waals surface area contributed by atoms with Gasteiger partial charge >= 0.3 is 6.09 Å². The van der Waals surface area contributed by atoms with Gasteiger partial charge in [-0.25, -0.2) is 4.79 Å². The first-order valence-corrected chi connectivity index (χ1v) is 8.84. The molecule has 25 heavy (non-hydrogen) atoms. The maximum Gasteiger partial charge on any atom is 0.407 e. The van der Waals surface area contributed by atoms with Gasteiger partial charge in [0.25, 0.3) is 11.5 Å². The predicted octanol–water partition coefficient (Wildman–Crippen LogP) is 1.59. The predicted molar refractivity (Wildman–Crippen MR) is 92.8 cm³/mol. The van der Waals surface area contributed by atoms with E-state index < -0.39 is 5.60 Å². The van der Waals surface area contributed by atoms with Gasteiger partial charge in [-0.15, -0.1) is 0 Å². The number of aromatic nitrogens is 1. The minimum Gasteiger partial charge on any atom is -0.441 e. The van der Waals surface area contributed by atoms with Crippen LogP contribution in [0.4, 0.5) is 4.79 Å². The largest absolute Gasteiger partial charge is 0.441 e. The normalized spacial score (nSPS) is 23.3. The molecule has 0 aromatic carbocycles. The average Bonchev–Trinajstić information content (AvgIpc) is 2.78. The number of alkyl carbamates (subject to hydrolysis) is 1. The van der Waals surface area contributed by atoms with Crippen molar-refractivity contribution < 1.29 is 14.3 Å². The zero-order chi connectivity index (χ0) is 18.2. The molecule has 136 valence electrons. The van der Waals surface area contributed by atoms with Gasteiger partial charge in [0.05, 0.1) is 6.54 Å². The first kappa shape index (κ1) is 17.5. The summed E-state index contributed by atoms with van der Waals surface area (Å²) in [5.74, 6) is -0.223. The number of hydrogen-bond acceptors (Lipinski definition) is 4. The van der Waals surface area contributed by atoms with E-state index in [9.17, 15) is 14.4 Å². The Kier molecular flexibility index (Phi) is 4.58. The lowest BCUT2D eigenvalue weighted by atomic mass is 9.95. The maximum atomic E-state index is 13.0. The molecular formula is C18H25N3O4. The van der Waals surface area contributed by atoms with Gasteiger partial charge in [-0.1, -0.05) is 0 Å². The highest BCUT2D eigenvalue weighted by atomic mass is 16.6. The second-order valence-electron chi connectivity index (χ2n) is 6.96. The van der Waals surface area contributed by atoms with Gasteiger partial charge < -0.3 is 19.5 Å². The zero-order valence-electron chi connectivity index (χ0n) is 15.1. The molecule has 1 aromatic heterocycles. The van der Waals surface area contributed by atoms with E-state index in [0.717, 1.165) is 18.5 Å². The Hall–Kier alpha value is -2.31. The van der Waals surface area contributed by atoms with E-state index >= 15 is 0 Å². The molecule has 3 rings (SSSR count). The van der Waals surface area contributed by atoms with E-state index in [1.54, 1.807) is 9.47 Å². The molecule has 2 amide bonds. The van der Waals surface area contributed by atoms with Crippen LogP contribution in [0.15, 0.2) is 10.9 Å². The lowest BCUT2D eigenvalue weighted by Crippen LogP contribution is -2.40. The molecule has 0 bridgehead atoms. The van der Waals surface area contributed by atoms with Crippen molar-refractivity contribution >= 4 is 12.0 Å². The minimum absolute atomic E-state index is 0.223. The van der Waals surface area contributed by atoms with Crippen LogP contribution in [0.25, 0.3) is 0 Å². The summed E-state index contributed by atoms with van der Waals surface area (Å²) in [6.45, 7) is 7.65. The summed E-state index contributed by atoms with van der Waals surface area (Å²) in [5, 5.41) is 2.71. The van der Waals surface area contributed by atoms with Crippen molar-refractivity contribution in [3.05, 3.63) is 33.2 Å². The van der Waals surface area contributed by atoms with Crippen molar-refractivity contribution in [2.75, 3.05) is 19.6 Å². The van der Waals surface area contributed by atoms with E-state index in [1.807, 2.05) is 26.8 Å². The molecule has 3 heterocycles. The highest BCUT2D eigenvalue weighted by molar-refractivity contribution is 5.95. The summed E-state index contributed by atoms with van der Waals surface area (Å²) in [6, 6.07) is 1.89. The van der Waals surface area contributed by atoms with Crippen LogP contribution >= 0.6 is 0 Å². The Morgan fingerprint density at radius 1 is 1.28 bits per heavy atom. The van der Waals surface area contributed by atoms with Gasteiger partial charge in [0, 0.05) is 31.7 Å². The summed E-state index contributed by atoms with van der Waals surface area (Å²) >= 11 is 0. The molecule has 1 aromatic rings. The number of pyridine rings is 1. The van der Waals surface area contributed by atoms with Crippen molar-refractivity contribution in [1.29, 1.82) is 0 Å². The fourth-order valence-electron chi connectivity index (χ4n) is 3.89. The SMILES string of the molecule is CCn1c(C)cc(C)c(C(=O)N2CCC[C@@]3(CC2)CNC(=O)O3)c1=O. The number of nitrogens with zero attached hydrogens (tertiary/aromatic N) is 2. The number of aryl methyl sites for hydroxylation is 2. The molecule has 1 spiro atoms. The third-order valence-corrected chi connectivity index (χ3v) is 5.28. The van der Waals surface area contributed by atoms with E-state index in [1.165, 1.54) is 0 Å². The van der Waals surface area contributed by atoms with Gasteiger partial charge in [0.1, 0.15) is 11.2 Å². The van der Waals surface area contributed by atoms with Crippen LogP contribution in [0.5, 0.6) is 0 Å². The van der Waals surface area contributed by atoms with E-state index in [2.05, 4.69) is 5.32 Å². The Morgan fingerprint density at radius 2 is 2.04 bits per heavy atom. The lowest BCUT2D eigenvalue weighted by Gasteiger charge is -2.25. The monoisotopic (exact) mass is 347 g/mol. The number of rotatable bonds is 2. The molecule has 2 aliphatic rings. The quantitative estimate of drug-likeness (QED) is 0.881. The van der Waals surface area contributed by atoms with Crippen molar-refractivity contribution in [3.63, 3.8) is 0 Å². The second-order valence-corrected chi connectivity index (χ2v) is 6.96. The summed E-state index contributed by atoms with van der Waals surface area (Å²) in [6.07, 6.45) is 1.67. The number of carbonyl (C=O) groups excluding carboxylic acids is 2. The third kappa shape index (κ3) is 3.15. The topological polar surface area (TPSA) is 80.6 Å². The number of likely N-dealkylation sites (tertiary alicyclic amines) is 1. The van der Waals surface area contributed by atoms with Crippen molar-refractivity contribution in [2.24, 2.45) is 0 Å². The van der Waals surface area contributed by atoms with Gasteiger partial charge in [-0.2, -0.15) is 0 Å². The van der Waals surface area contributed by atoms with Gasteiger partial charge in [-0.05, 0) is 45.2 Å². The fourth-order valence-corrected chi connectivity index (χ4v) is 3.89. The average molecular weight is 347 g/mol. The standard InChI is InChI=1S/C18H25N3O4/c1-4-21-13(3)10-12(2)14(16(21)23)15(22)20-8-5-6-18(7-9-20)11-19-17(24)25-18/h10H,4-9,11H2,1-3H3,(H,19,24)/t18-/m1/s1. The fraction of sp³-hybridized carbons (Fsp3) is 0.611. The zero-order valence-corrected chi connectivity index (χ0v) is 15.1. The van der Waals surface area contributed by atoms with Gasteiger partial charge in [0.2, 0.25) is 0 Å². The van der Waals surface area contributed by atoms with E-state index in [4.69, 9.17) is 4.74 Å². The van der Waals surface area contributed by atoms with Crippen molar-refractivity contribution in [3.8, 4) is 0 Å². The minimum atomic E-state index is -0.516. The number of hydrogen-bond donors (Lipinski definition) is 1. The number of carbonyl (C=O) groups is 2. The molecule has 0 unspecified atom stereocenters. The summed E-state index contributed by atoms with van der Waals surface area (Å²) in [4.78, 5) is 38.9. The Labute approximate surface area is 147 Å². The molecule has 0 radical (unpaired) electrons. The van der Waals surface area contributed by atoms with Crippen LogP contribution in [0.1, 0.15) is 47.8 Å². The first-order valence-electron chi connectivity index (χ1n) is 8.84. The summed E-state index contributed by atoms with van der Waals surface area (Å²) in [7, 11) is 0. The molecule has 2 saturated heterocycles. The molecule has 2 aliphatic heterocycles.